The third-order valence-corrected chi connectivity index (χ3v) is 2.64. The van der Waals surface area contributed by atoms with E-state index in [1.807, 2.05) is 6.07 Å². The number of furan rings is 1. The molecule has 0 amide bonds. The molecule has 0 aliphatic rings. The summed E-state index contributed by atoms with van der Waals surface area (Å²) in [6.07, 6.45) is 1.73. The monoisotopic (exact) mass is 460 g/mol. The molecule has 46 valence electrons. The molecular weight excluding hydrogens is 456 g/mol. The van der Waals surface area contributed by atoms with E-state index in [9.17, 15) is 0 Å². The van der Waals surface area contributed by atoms with Crippen molar-refractivity contribution in [3.05, 3.63) is 23.7 Å². The molecule has 0 saturated heterocycles. The molecule has 0 fully saturated rings. The third kappa shape index (κ3) is 1.66. The van der Waals surface area contributed by atoms with Crippen LogP contribution < -0.4 is 0 Å². The molecule has 1 heterocycles. The molecule has 0 unspecified atom stereocenters. The fourth-order valence-corrected chi connectivity index (χ4v) is 1.91. The number of hydrogen-bond donors (Lipinski definition) is 0. The minimum atomic E-state index is 1.01. The van der Waals surface area contributed by atoms with Gasteiger partial charge < -0.3 is 0 Å². The van der Waals surface area contributed by atoms with Gasteiger partial charge in [-0.3, -0.25) is 0 Å². The van der Waals surface area contributed by atoms with Crippen LogP contribution in [0.3, 0.4) is 0 Å². The molecule has 0 atom stereocenters. The quantitative estimate of drug-likeness (QED) is 0.634. The SMILES string of the molecule is [W]=[CH]c1ccoc1[CH]=[W]. The van der Waals surface area contributed by atoms with Crippen molar-refractivity contribution >= 4 is 8.80 Å². The zero-order valence-electron chi connectivity index (χ0n) is 4.53. The molecule has 0 aromatic carbocycles. The van der Waals surface area contributed by atoms with Gasteiger partial charge in [0.05, 0.1) is 0 Å². The van der Waals surface area contributed by atoms with Gasteiger partial charge >= 0.3 is 75.6 Å². The maximum atomic E-state index is 5.15. The second kappa shape index (κ2) is 3.54. The summed E-state index contributed by atoms with van der Waals surface area (Å²) in [5, 5.41) is 0. The summed E-state index contributed by atoms with van der Waals surface area (Å²) >= 11 is 2.89. The van der Waals surface area contributed by atoms with Gasteiger partial charge in [0.2, 0.25) is 0 Å². The van der Waals surface area contributed by atoms with E-state index >= 15 is 0 Å². The zero-order valence-corrected chi connectivity index (χ0v) is 10.4. The van der Waals surface area contributed by atoms with Gasteiger partial charge in [-0.1, -0.05) is 0 Å². The standard InChI is InChI=1S/C6H4O.2W/c1-5-3-4-7-6(5)2;;/h1-4H;;. The van der Waals surface area contributed by atoms with E-state index in [4.69, 9.17) is 4.42 Å². The average molecular weight is 460 g/mol. The fraction of sp³-hybridized carbons (Fsp3) is 0. The summed E-state index contributed by atoms with van der Waals surface area (Å²) < 4.78 is 9.33. The first kappa shape index (κ1) is 7.50. The summed E-state index contributed by atoms with van der Waals surface area (Å²) in [7, 11) is 0. The van der Waals surface area contributed by atoms with Crippen molar-refractivity contribution in [2.24, 2.45) is 0 Å². The number of rotatable bonds is 2. The molecule has 3 heteroatoms. The Kier molecular flexibility index (Phi) is 2.95. The van der Waals surface area contributed by atoms with Crippen LogP contribution in [-0.4, -0.2) is 8.80 Å². The van der Waals surface area contributed by atoms with Gasteiger partial charge in [-0.25, -0.2) is 0 Å². The van der Waals surface area contributed by atoms with Gasteiger partial charge in [0.1, 0.15) is 0 Å². The van der Waals surface area contributed by atoms with E-state index in [1.165, 1.54) is 44.3 Å². The molecule has 0 bridgehead atoms. The van der Waals surface area contributed by atoms with Gasteiger partial charge in [0, 0.05) is 0 Å². The van der Waals surface area contributed by atoms with E-state index in [2.05, 4.69) is 8.80 Å². The molecule has 0 aliphatic heterocycles. The molecule has 0 N–H and O–H groups in total. The molecule has 0 aliphatic carbocycles. The van der Waals surface area contributed by atoms with Crippen LogP contribution in [0.25, 0.3) is 0 Å². The summed E-state index contributed by atoms with van der Waals surface area (Å²) in [5.41, 5.74) is 1.22. The van der Waals surface area contributed by atoms with Crippen LogP contribution in [0.5, 0.6) is 0 Å². The normalized spacial score (nSPS) is 8.89. The first-order chi connectivity index (χ1) is 4.38. The summed E-state index contributed by atoms with van der Waals surface area (Å²) in [6.45, 7) is 0. The van der Waals surface area contributed by atoms with Crippen molar-refractivity contribution in [2.45, 2.75) is 0 Å². The van der Waals surface area contributed by atoms with E-state index in [0.717, 1.165) is 5.76 Å². The Hall–Kier alpha value is 0.397. The van der Waals surface area contributed by atoms with Crippen LogP contribution in [0.4, 0.5) is 0 Å². The van der Waals surface area contributed by atoms with Gasteiger partial charge in [-0.05, 0) is 0 Å². The van der Waals surface area contributed by atoms with Crippen molar-refractivity contribution < 1.29 is 43.1 Å². The van der Waals surface area contributed by atoms with E-state index in [0.29, 0.717) is 0 Å². The van der Waals surface area contributed by atoms with Crippen LogP contribution in [0.1, 0.15) is 11.3 Å². The van der Waals surface area contributed by atoms with Crippen molar-refractivity contribution in [2.75, 3.05) is 0 Å². The van der Waals surface area contributed by atoms with Crippen LogP contribution >= 0.6 is 0 Å². The summed E-state index contributed by atoms with van der Waals surface area (Å²) in [6, 6.07) is 1.99. The van der Waals surface area contributed by atoms with Crippen LogP contribution in [-0.2, 0) is 38.7 Å². The average Bonchev–Trinajstić information content (AvgIpc) is 2.33. The molecular formula is C6H4OW2. The zero-order chi connectivity index (χ0) is 6.69. The number of hydrogen-bond acceptors (Lipinski definition) is 1. The molecule has 0 spiro atoms. The second-order valence-electron chi connectivity index (χ2n) is 1.48. The van der Waals surface area contributed by atoms with E-state index < -0.39 is 0 Å². The van der Waals surface area contributed by atoms with Crippen molar-refractivity contribution in [3.63, 3.8) is 0 Å². The first-order valence-electron chi connectivity index (χ1n) is 2.36. The van der Waals surface area contributed by atoms with Gasteiger partial charge in [-0.2, -0.15) is 0 Å². The Morgan fingerprint density at radius 3 is 2.56 bits per heavy atom. The third-order valence-electron chi connectivity index (χ3n) is 0.961. The van der Waals surface area contributed by atoms with Crippen molar-refractivity contribution in [1.29, 1.82) is 0 Å². The predicted molar refractivity (Wildman–Crippen MR) is 29.0 cm³/mol. The van der Waals surface area contributed by atoms with Gasteiger partial charge in [-0.15, -0.1) is 0 Å². The Labute approximate surface area is 75.3 Å². The first-order valence-corrected chi connectivity index (χ1v) is 5.75. The van der Waals surface area contributed by atoms with Crippen molar-refractivity contribution in [3.8, 4) is 0 Å². The summed E-state index contributed by atoms with van der Waals surface area (Å²) in [5.74, 6) is 1.01. The van der Waals surface area contributed by atoms with Gasteiger partial charge in [0.25, 0.3) is 0 Å². The molecule has 9 heavy (non-hydrogen) atoms. The van der Waals surface area contributed by atoms with E-state index in [1.54, 1.807) is 6.26 Å². The molecule has 0 saturated carbocycles. The van der Waals surface area contributed by atoms with Gasteiger partial charge in [0.15, 0.2) is 0 Å². The molecule has 1 nitrogen and oxygen atoms in total. The Morgan fingerprint density at radius 2 is 2.11 bits per heavy atom. The van der Waals surface area contributed by atoms with Crippen LogP contribution in [0.2, 0.25) is 0 Å². The van der Waals surface area contributed by atoms with Crippen molar-refractivity contribution in [1.82, 2.24) is 0 Å². The topological polar surface area (TPSA) is 13.1 Å². The molecule has 1 aromatic heterocycles. The minimum absolute atomic E-state index is 1.01. The Bertz CT molecular complexity index is 204. The molecule has 1 aromatic rings. The maximum absolute atomic E-state index is 5.15. The second-order valence-corrected chi connectivity index (χ2v) is 3.17. The fourth-order valence-electron chi connectivity index (χ4n) is 0.524. The summed E-state index contributed by atoms with van der Waals surface area (Å²) in [4.78, 5) is 0. The van der Waals surface area contributed by atoms with Crippen LogP contribution in [0, 0.1) is 0 Å². The predicted octanol–water partition coefficient (Wildman–Crippen LogP) is 0.674. The van der Waals surface area contributed by atoms with E-state index in [-0.39, 0.29) is 0 Å². The molecule has 0 radical (unpaired) electrons. The Balaban J connectivity index is 3.12. The Morgan fingerprint density at radius 1 is 1.33 bits per heavy atom. The molecule has 1 rings (SSSR count). The van der Waals surface area contributed by atoms with Crippen LogP contribution in [0.15, 0.2) is 16.7 Å².